The van der Waals surface area contributed by atoms with Crippen LogP contribution in [0.1, 0.15) is 26.7 Å². The van der Waals surface area contributed by atoms with Crippen LogP contribution in [0.4, 0.5) is 5.82 Å². The third kappa shape index (κ3) is 3.80. The Bertz CT molecular complexity index is 296. The van der Waals surface area contributed by atoms with Gasteiger partial charge >= 0.3 is 0 Å². The van der Waals surface area contributed by atoms with E-state index in [4.69, 9.17) is 0 Å². The second-order valence-corrected chi connectivity index (χ2v) is 4.56. The minimum absolute atomic E-state index is 0.536. The molecule has 84 valence electrons. The van der Waals surface area contributed by atoms with Crippen LogP contribution in [-0.2, 0) is 0 Å². The lowest BCUT2D eigenvalue weighted by Crippen LogP contribution is -2.35. The molecule has 1 rings (SSSR count). The topological polar surface area (TPSA) is 45.1 Å². The molecular formula is C11H17BrN2O. The first-order valence-electron chi connectivity index (χ1n) is 5.17. The summed E-state index contributed by atoms with van der Waals surface area (Å²) in [5.41, 5.74) is -0.630. The standard InChI is InChI=1S/C11H17BrN2O/c1-3-11(15,4-2)8-14-10-6-5-9(12)7-13-10/h5-7,15H,3-4,8H2,1-2H3,(H,13,14). The van der Waals surface area contributed by atoms with Crippen molar-refractivity contribution in [2.75, 3.05) is 11.9 Å². The third-order valence-corrected chi connectivity index (χ3v) is 3.11. The maximum Gasteiger partial charge on any atom is 0.126 e. The smallest absolute Gasteiger partial charge is 0.126 e. The summed E-state index contributed by atoms with van der Waals surface area (Å²) in [5, 5.41) is 13.2. The molecule has 0 saturated heterocycles. The highest BCUT2D eigenvalue weighted by atomic mass is 79.9. The molecule has 0 aromatic carbocycles. The van der Waals surface area contributed by atoms with Crippen LogP contribution in [0.25, 0.3) is 0 Å². The number of hydrogen-bond acceptors (Lipinski definition) is 3. The lowest BCUT2D eigenvalue weighted by Gasteiger charge is -2.25. The van der Waals surface area contributed by atoms with Gasteiger partial charge in [0.15, 0.2) is 0 Å². The Hall–Kier alpha value is -0.610. The van der Waals surface area contributed by atoms with E-state index < -0.39 is 5.60 Å². The van der Waals surface area contributed by atoms with Gasteiger partial charge in [-0.15, -0.1) is 0 Å². The second kappa shape index (κ2) is 5.47. The Balaban J connectivity index is 2.53. The van der Waals surface area contributed by atoms with Gasteiger partial charge in [0.05, 0.1) is 5.60 Å². The molecular weight excluding hydrogens is 256 g/mol. The Labute approximate surface area is 99.1 Å². The van der Waals surface area contributed by atoms with Gasteiger partial charge in [-0.2, -0.15) is 0 Å². The first-order chi connectivity index (χ1) is 7.09. The first-order valence-corrected chi connectivity index (χ1v) is 5.97. The molecule has 1 aromatic heterocycles. The van der Waals surface area contributed by atoms with Crippen LogP contribution in [0.5, 0.6) is 0 Å². The van der Waals surface area contributed by atoms with E-state index in [1.165, 1.54) is 0 Å². The number of nitrogens with one attached hydrogen (secondary N) is 1. The maximum atomic E-state index is 10.0. The summed E-state index contributed by atoms with van der Waals surface area (Å²) in [6.45, 7) is 4.51. The fraction of sp³-hybridized carbons (Fsp3) is 0.545. The molecule has 0 bridgehead atoms. The normalized spacial score (nSPS) is 11.5. The highest BCUT2D eigenvalue weighted by molar-refractivity contribution is 9.10. The van der Waals surface area contributed by atoms with Crippen LogP contribution in [0.2, 0.25) is 0 Å². The molecule has 0 aliphatic carbocycles. The van der Waals surface area contributed by atoms with Gasteiger partial charge in [0.1, 0.15) is 5.82 Å². The maximum absolute atomic E-state index is 10.0. The van der Waals surface area contributed by atoms with E-state index in [-0.39, 0.29) is 0 Å². The lowest BCUT2D eigenvalue weighted by molar-refractivity contribution is 0.0456. The average molecular weight is 273 g/mol. The molecule has 0 unspecified atom stereocenters. The van der Waals surface area contributed by atoms with Gasteiger partial charge < -0.3 is 10.4 Å². The largest absolute Gasteiger partial charge is 0.388 e. The monoisotopic (exact) mass is 272 g/mol. The Kier molecular flexibility index (Phi) is 4.54. The van der Waals surface area contributed by atoms with Gasteiger partial charge in [0.25, 0.3) is 0 Å². The van der Waals surface area contributed by atoms with E-state index in [1.807, 2.05) is 26.0 Å². The number of nitrogens with zero attached hydrogens (tertiary/aromatic N) is 1. The number of aliphatic hydroxyl groups is 1. The van der Waals surface area contributed by atoms with Crippen LogP contribution in [-0.4, -0.2) is 22.2 Å². The molecule has 0 saturated carbocycles. The first kappa shape index (κ1) is 12.5. The summed E-state index contributed by atoms with van der Waals surface area (Å²) in [5.74, 6) is 0.790. The van der Waals surface area contributed by atoms with Crippen molar-refractivity contribution in [1.82, 2.24) is 4.98 Å². The molecule has 4 heteroatoms. The van der Waals surface area contributed by atoms with Crippen molar-refractivity contribution < 1.29 is 5.11 Å². The van der Waals surface area contributed by atoms with Gasteiger partial charge in [-0.1, -0.05) is 13.8 Å². The average Bonchev–Trinajstić information content (AvgIpc) is 2.28. The van der Waals surface area contributed by atoms with Crippen molar-refractivity contribution in [1.29, 1.82) is 0 Å². The zero-order chi connectivity index (χ0) is 11.3. The Morgan fingerprint density at radius 1 is 1.40 bits per heavy atom. The van der Waals surface area contributed by atoms with Crippen LogP contribution < -0.4 is 5.32 Å². The number of halogens is 1. The molecule has 0 radical (unpaired) electrons. The van der Waals surface area contributed by atoms with E-state index in [1.54, 1.807) is 6.20 Å². The van der Waals surface area contributed by atoms with Gasteiger partial charge in [-0.3, -0.25) is 0 Å². The van der Waals surface area contributed by atoms with Crippen molar-refractivity contribution >= 4 is 21.7 Å². The number of anilines is 1. The highest BCUT2D eigenvalue weighted by Gasteiger charge is 2.21. The van der Waals surface area contributed by atoms with E-state index >= 15 is 0 Å². The number of rotatable bonds is 5. The van der Waals surface area contributed by atoms with Gasteiger partial charge in [-0.05, 0) is 40.9 Å². The van der Waals surface area contributed by atoms with E-state index in [2.05, 4.69) is 26.2 Å². The van der Waals surface area contributed by atoms with E-state index in [0.29, 0.717) is 6.54 Å². The summed E-state index contributed by atoms with van der Waals surface area (Å²) in [6, 6.07) is 3.81. The van der Waals surface area contributed by atoms with E-state index in [0.717, 1.165) is 23.1 Å². The quantitative estimate of drug-likeness (QED) is 0.867. The second-order valence-electron chi connectivity index (χ2n) is 3.65. The molecule has 1 aromatic rings. The van der Waals surface area contributed by atoms with Crippen LogP contribution in [0, 0.1) is 0 Å². The van der Waals surface area contributed by atoms with Crippen LogP contribution in [0.15, 0.2) is 22.8 Å². The number of pyridine rings is 1. The van der Waals surface area contributed by atoms with Crippen molar-refractivity contribution in [2.45, 2.75) is 32.3 Å². The summed E-state index contributed by atoms with van der Waals surface area (Å²) in [6.07, 6.45) is 3.22. The summed E-state index contributed by atoms with van der Waals surface area (Å²) < 4.78 is 0.953. The SMILES string of the molecule is CCC(O)(CC)CNc1ccc(Br)cn1. The fourth-order valence-corrected chi connectivity index (χ4v) is 1.47. The van der Waals surface area contributed by atoms with Crippen molar-refractivity contribution in [3.05, 3.63) is 22.8 Å². The van der Waals surface area contributed by atoms with Gasteiger partial charge in [0, 0.05) is 17.2 Å². The minimum atomic E-state index is -0.630. The molecule has 0 amide bonds. The molecule has 3 nitrogen and oxygen atoms in total. The third-order valence-electron chi connectivity index (χ3n) is 2.64. The van der Waals surface area contributed by atoms with Crippen molar-refractivity contribution in [3.63, 3.8) is 0 Å². The molecule has 0 aliphatic heterocycles. The van der Waals surface area contributed by atoms with Crippen LogP contribution in [0.3, 0.4) is 0 Å². The molecule has 0 spiro atoms. The zero-order valence-corrected chi connectivity index (χ0v) is 10.7. The Morgan fingerprint density at radius 3 is 2.53 bits per heavy atom. The molecule has 1 heterocycles. The predicted molar refractivity (Wildman–Crippen MR) is 66.0 cm³/mol. The summed E-state index contributed by atoms with van der Waals surface area (Å²) >= 11 is 3.32. The van der Waals surface area contributed by atoms with Crippen molar-refractivity contribution in [3.8, 4) is 0 Å². The number of aromatic nitrogens is 1. The minimum Gasteiger partial charge on any atom is -0.388 e. The van der Waals surface area contributed by atoms with Crippen LogP contribution >= 0.6 is 15.9 Å². The molecule has 15 heavy (non-hydrogen) atoms. The fourth-order valence-electron chi connectivity index (χ4n) is 1.24. The van der Waals surface area contributed by atoms with Gasteiger partial charge in [0.2, 0.25) is 0 Å². The molecule has 0 aliphatic rings. The predicted octanol–water partition coefficient (Wildman–Crippen LogP) is 2.81. The zero-order valence-electron chi connectivity index (χ0n) is 9.13. The lowest BCUT2D eigenvalue weighted by atomic mass is 9.98. The number of hydrogen-bond donors (Lipinski definition) is 2. The molecule has 0 fully saturated rings. The Morgan fingerprint density at radius 2 is 2.07 bits per heavy atom. The summed E-state index contributed by atoms with van der Waals surface area (Å²) in [4.78, 5) is 4.18. The van der Waals surface area contributed by atoms with Crippen molar-refractivity contribution in [2.24, 2.45) is 0 Å². The molecule has 2 N–H and O–H groups in total. The highest BCUT2D eigenvalue weighted by Crippen LogP contribution is 2.16. The van der Waals surface area contributed by atoms with E-state index in [9.17, 15) is 5.11 Å². The summed E-state index contributed by atoms with van der Waals surface area (Å²) in [7, 11) is 0. The molecule has 0 atom stereocenters. The van der Waals surface area contributed by atoms with Gasteiger partial charge in [-0.25, -0.2) is 4.98 Å².